The van der Waals surface area contributed by atoms with Gasteiger partial charge in [0.1, 0.15) is 31.0 Å². The van der Waals surface area contributed by atoms with Crippen LogP contribution in [0, 0.1) is 0 Å². The second-order valence-electron chi connectivity index (χ2n) is 18.0. The maximum absolute atomic E-state index is 12.8. The Morgan fingerprint density at radius 3 is 1.30 bits per heavy atom. The van der Waals surface area contributed by atoms with Crippen LogP contribution in [0.25, 0.3) is 0 Å². The third-order valence-electron chi connectivity index (χ3n) is 12.2. The Kier molecular flexibility index (Phi) is 39.9. The van der Waals surface area contributed by atoms with Gasteiger partial charge in [-0.1, -0.05) is 206 Å². The number of aliphatic hydroxyl groups excluding tert-OH is 4. The SMILES string of the molecule is CCCCCC/C=C/CCCCCCCCCCCC(=O)OC[C@H](CO[C@@H]1O[C@H](CO)[C@H](O)C(O)C1O)OC(=O)CCCCCCCCCCCCCCCCCCCCC. The molecule has 6 atom stereocenters. The quantitative estimate of drug-likeness (QED) is 0.0264. The minimum Gasteiger partial charge on any atom is -0.462 e. The van der Waals surface area contributed by atoms with E-state index in [-0.39, 0.29) is 32.0 Å². The summed E-state index contributed by atoms with van der Waals surface area (Å²) in [4.78, 5) is 25.4. The number of carbonyl (C=O) groups excluding carboxylic acids is 2. The van der Waals surface area contributed by atoms with Gasteiger partial charge < -0.3 is 39.4 Å². The van der Waals surface area contributed by atoms with Gasteiger partial charge in [-0.3, -0.25) is 9.59 Å². The second kappa shape index (κ2) is 42.4. The normalized spacial score (nSPS) is 19.7. The van der Waals surface area contributed by atoms with Gasteiger partial charge in [0.15, 0.2) is 12.4 Å². The molecule has 1 aliphatic rings. The molecule has 0 spiro atoms. The molecular weight excluding hydrogens is 773 g/mol. The fraction of sp³-hybridized carbons (Fsp3) is 0.922. The van der Waals surface area contributed by atoms with Crippen molar-refractivity contribution in [2.45, 2.75) is 282 Å². The first-order chi connectivity index (χ1) is 29.8. The van der Waals surface area contributed by atoms with Crippen molar-refractivity contribution in [2.24, 2.45) is 0 Å². The highest BCUT2D eigenvalue weighted by atomic mass is 16.7. The van der Waals surface area contributed by atoms with E-state index in [1.807, 2.05) is 0 Å². The van der Waals surface area contributed by atoms with Gasteiger partial charge in [0, 0.05) is 12.8 Å². The van der Waals surface area contributed by atoms with Crippen LogP contribution in [0.4, 0.5) is 0 Å². The molecule has 0 aromatic heterocycles. The smallest absolute Gasteiger partial charge is 0.306 e. The highest BCUT2D eigenvalue weighted by Crippen LogP contribution is 2.23. The van der Waals surface area contributed by atoms with Crippen LogP contribution in [0.1, 0.15) is 245 Å². The second-order valence-corrected chi connectivity index (χ2v) is 18.0. The zero-order chi connectivity index (χ0) is 44.4. The molecule has 0 saturated carbocycles. The van der Waals surface area contributed by atoms with Crippen molar-refractivity contribution in [2.75, 3.05) is 19.8 Å². The van der Waals surface area contributed by atoms with E-state index in [9.17, 15) is 30.0 Å². The van der Waals surface area contributed by atoms with Crippen LogP contribution in [-0.4, -0.2) is 89.0 Å². The van der Waals surface area contributed by atoms with Gasteiger partial charge in [-0.05, 0) is 38.5 Å². The fourth-order valence-corrected chi connectivity index (χ4v) is 8.07. The van der Waals surface area contributed by atoms with Crippen molar-refractivity contribution < 1.29 is 49.0 Å². The minimum absolute atomic E-state index is 0.212. The molecule has 0 bridgehead atoms. The Morgan fingerprint density at radius 1 is 0.492 bits per heavy atom. The zero-order valence-corrected chi connectivity index (χ0v) is 39.4. The lowest BCUT2D eigenvalue weighted by molar-refractivity contribution is -0.305. The predicted molar refractivity (Wildman–Crippen MR) is 247 cm³/mol. The molecule has 1 saturated heterocycles. The van der Waals surface area contributed by atoms with E-state index in [1.165, 1.54) is 173 Å². The first kappa shape index (κ1) is 57.5. The zero-order valence-electron chi connectivity index (χ0n) is 39.4. The Morgan fingerprint density at radius 2 is 0.869 bits per heavy atom. The van der Waals surface area contributed by atoms with E-state index in [4.69, 9.17) is 18.9 Å². The van der Waals surface area contributed by atoms with Crippen LogP contribution in [0.5, 0.6) is 0 Å². The third kappa shape index (κ3) is 33.6. The largest absolute Gasteiger partial charge is 0.462 e. The Labute approximate surface area is 373 Å². The van der Waals surface area contributed by atoms with Gasteiger partial charge in [0.25, 0.3) is 0 Å². The average molecular weight is 869 g/mol. The number of aliphatic hydroxyl groups is 4. The van der Waals surface area contributed by atoms with Gasteiger partial charge in [-0.25, -0.2) is 0 Å². The van der Waals surface area contributed by atoms with Crippen molar-refractivity contribution in [1.82, 2.24) is 0 Å². The summed E-state index contributed by atoms with van der Waals surface area (Å²) >= 11 is 0. The summed E-state index contributed by atoms with van der Waals surface area (Å²) in [7, 11) is 0. The molecule has 1 heterocycles. The Hall–Kier alpha value is -1.56. The molecule has 1 fully saturated rings. The summed E-state index contributed by atoms with van der Waals surface area (Å²) < 4.78 is 22.3. The molecule has 1 rings (SSSR count). The monoisotopic (exact) mass is 869 g/mol. The highest BCUT2D eigenvalue weighted by molar-refractivity contribution is 5.70. The number of hydrogen-bond acceptors (Lipinski definition) is 10. The molecule has 0 radical (unpaired) electrons. The van der Waals surface area contributed by atoms with Crippen molar-refractivity contribution in [3.05, 3.63) is 12.2 Å². The minimum atomic E-state index is -1.59. The van der Waals surface area contributed by atoms with Crippen LogP contribution < -0.4 is 0 Å². The van der Waals surface area contributed by atoms with E-state index in [0.29, 0.717) is 6.42 Å². The van der Waals surface area contributed by atoms with Crippen LogP contribution in [0.2, 0.25) is 0 Å². The maximum Gasteiger partial charge on any atom is 0.306 e. The Balaban J connectivity index is 2.25. The van der Waals surface area contributed by atoms with Crippen molar-refractivity contribution >= 4 is 11.9 Å². The number of hydrogen-bond donors (Lipinski definition) is 4. The summed E-state index contributed by atoms with van der Waals surface area (Å²) in [5.74, 6) is -0.793. The van der Waals surface area contributed by atoms with E-state index < -0.39 is 49.4 Å². The van der Waals surface area contributed by atoms with Crippen molar-refractivity contribution in [3.8, 4) is 0 Å². The summed E-state index contributed by atoms with van der Waals surface area (Å²) in [6.45, 7) is 3.46. The number of allylic oxidation sites excluding steroid dienone is 2. The van der Waals surface area contributed by atoms with Crippen LogP contribution >= 0.6 is 0 Å². The summed E-state index contributed by atoms with van der Waals surface area (Å²) in [5.41, 5.74) is 0. The molecule has 2 unspecified atom stereocenters. The van der Waals surface area contributed by atoms with E-state index >= 15 is 0 Å². The predicted octanol–water partition coefficient (Wildman–Crippen LogP) is 11.9. The topological polar surface area (TPSA) is 152 Å². The molecule has 0 aromatic carbocycles. The number of carbonyl (C=O) groups is 2. The standard InChI is InChI=1S/C51H96O10/c1-3-5-7-9-11-13-15-17-19-21-22-24-26-28-30-32-34-36-38-40-47(54)60-44(43-59-51-50(57)49(56)48(55)45(41-52)61-51)42-58-46(53)39-37-35-33-31-29-27-25-23-20-18-16-14-12-10-8-6-4-2/h14,16,44-45,48-52,55-57H,3-13,15,17-43H2,1-2H3/b16-14+/t44-,45-,48+,49?,50?,51-/m1/s1. The number of esters is 2. The molecule has 4 N–H and O–H groups in total. The molecule has 0 amide bonds. The summed E-state index contributed by atoms with van der Waals surface area (Å²) in [5, 5.41) is 40.2. The van der Waals surface area contributed by atoms with E-state index in [0.717, 1.165) is 38.5 Å². The van der Waals surface area contributed by atoms with Gasteiger partial charge in [0.05, 0.1) is 13.2 Å². The molecule has 1 aliphatic heterocycles. The number of unbranched alkanes of at least 4 members (excludes halogenated alkanes) is 31. The lowest BCUT2D eigenvalue weighted by Crippen LogP contribution is -2.59. The van der Waals surface area contributed by atoms with E-state index in [1.54, 1.807) is 0 Å². The molecular formula is C51H96O10. The average Bonchev–Trinajstić information content (AvgIpc) is 3.26. The van der Waals surface area contributed by atoms with E-state index in [2.05, 4.69) is 26.0 Å². The Bertz CT molecular complexity index is 1010. The first-order valence-electron chi connectivity index (χ1n) is 25.8. The molecule has 360 valence electrons. The van der Waals surface area contributed by atoms with Gasteiger partial charge >= 0.3 is 11.9 Å². The van der Waals surface area contributed by atoms with Crippen LogP contribution in [0.15, 0.2) is 12.2 Å². The van der Waals surface area contributed by atoms with Gasteiger partial charge in [-0.15, -0.1) is 0 Å². The summed E-state index contributed by atoms with van der Waals surface area (Å²) in [6, 6.07) is 0. The lowest BCUT2D eigenvalue weighted by Gasteiger charge is -2.39. The van der Waals surface area contributed by atoms with Crippen LogP contribution in [0.3, 0.4) is 0 Å². The number of ether oxygens (including phenoxy) is 4. The molecule has 10 heteroatoms. The molecule has 0 aromatic rings. The van der Waals surface area contributed by atoms with Gasteiger partial charge in [0.2, 0.25) is 0 Å². The molecule has 10 nitrogen and oxygen atoms in total. The summed E-state index contributed by atoms with van der Waals surface area (Å²) in [6.07, 6.45) is 39.3. The first-order valence-corrected chi connectivity index (χ1v) is 25.8. The third-order valence-corrected chi connectivity index (χ3v) is 12.2. The molecule has 61 heavy (non-hydrogen) atoms. The van der Waals surface area contributed by atoms with Crippen LogP contribution in [-0.2, 0) is 28.5 Å². The lowest BCUT2D eigenvalue weighted by atomic mass is 9.99. The van der Waals surface area contributed by atoms with Crippen molar-refractivity contribution in [1.29, 1.82) is 0 Å². The molecule has 0 aliphatic carbocycles. The van der Waals surface area contributed by atoms with Gasteiger partial charge in [-0.2, -0.15) is 0 Å². The fourth-order valence-electron chi connectivity index (χ4n) is 8.07. The highest BCUT2D eigenvalue weighted by Gasteiger charge is 2.44. The number of rotatable bonds is 44. The maximum atomic E-state index is 12.8. The van der Waals surface area contributed by atoms with Crippen molar-refractivity contribution in [3.63, 3.8) is 0 Å².